The fourth-order valence-corrected chi connectivity index (χ4v) is 4.01. The number of aromatic amines is 1. The number of hydrogen-bond acceptors (Lipinski definition) is 2. The second kappa shape index (κ2) is 8.02. The Labute approximate surface area is 172 Å². The van der Waals surface area contributed by atoms with E-state index in [4.69, 9.17) is 0 Å². The number of rotatable bonds is 3. The van der Waals surface area contributed by atoms with Gasteiger partial charge in [0.15, 0.2) is 0 Å². The summed E-state index contributed by atoms with van der Waals surface area (Å²) in [5, 5.41) is 3.05. The van der Waals surface area contributed by atoms with Gasteiger partial charge < -0.3 is 15.2 Å². The predicted octanol–water partition coefficient (Wildman–Crippen LogP) is 5.54. The number of hydrogen-bond donors (Lipinski definition) is 2. The average molecular weight is 416 g/mol. The molecule has 0 unspecified atom stereocenters. The molecule has 5 nitrogen and oxygen atoms in total. The van der Waals surface area contributed by atoms with Crippen LogP contribution in [0.5, 0.6) is 0 Å². The number of alkyl halides is 3. The van der Waals surface area contributed by atoms with Crippen molar-refractivity contribution in [3.8, 4) is 0 Å². The molecular weight excluding hydrogens is 393 g/mol. The lowest BCUT2D eigenvalue weighted by molar-refractivity contribution is -0.120. The van der Waals surface area contributed by atoms with Crippen LogP contribution >= 0.6 is 0 Å². The summed E-state index contributed by atoms with van der Waals surface area (Å²) in [6, 6.07) is 11.2. The molecule has 4 rings (SSSR count). The second-order valence-corrected chi connectivity index (χ2v) is 7.65. The first-order valence-electron chi connectivity index (χ1n) is 9.85. The zero-order valence-electron chi connectivity index (χ0n) is 16.5. The van der Waals surface area contributed by atoms with E-state index in [0.717, 1.165) is 42.4 Å². The van der Waals surface area contributed by atoms with Crippen molar-refractivity contribution >= 4 is 28.3 Å². The summed E-state index contributed by atoms with van der Waals surface area (Å²) in [6.07, 6.45) is -1.08. The smallest absolute Gasteiger partial charge is 0.361 e. The minimum Gasteiger partial charge on any atom is -0.361 e. The minimum atomic E-state index is -4.86. The summed E-state index contributed by atoms with van der Waals surface area (Å²) in [5.74, 6) is 0.280. The number of para-hydroxylation sites is 1. The average Bonchev–Trinajstić information content (AvgIpc) is 3.12. The Morgan fingerprint density at radius 3 is 2.50 bits per heavy atom. The summed E-state index contributed by atoms with van der Waals surface area (Å²) in [4.78, 5) is 17.8. The number of nitrogens with one attached hydrogen (secondary N) is 2. The molecule has 0 radical (unpaired) electrons. The van der Waals surface area contributed by atoms with Gasteiger partial charge in [-0.05, 0) is 74.8 Å². The first-order valence-corrected chi connectivity index (χ1v) is 9.85. The molecule has 158 valence electrons. The van der Waals surface area contributed by atoms with E-state index in [2.05, 4.69) is 22.2 Å². The fourth-order valence-electron chi connectivity index (χ4n) is 4.01. The Balaban J connectivity index is 1.68. The molecule has 1 aliphatic rings. The number of anilines is 2. The van der Waals surface area contributed by atoms with Crippen molar-refractivity contribution in [1.82, 2.24) is 9.88 Å². The summed E-state index contributed by atoms with van der Waals surface area (Å²) in [5.41, 5.74) is 1.85. The van der Waals surface area contributed by atoms with E-state index in [1.807, 2.05) is 6.20 Å². The van der Waals surface area contributed by atoms with Gasteiger partial charge in [0.25, 0.3) is 0 Å². The lowest BCUT2D eigenvalue weighted by Crippen LogP contribution is -2.45. The van der Waals surface area contributed by atoms with Gasteiger partial charge in [0, 0.05) is 22.8 Å². The van der Waals surface area contributed by atoms with Crippen LogP contribution in [0, 0.1) is 0 Å². The van der Waals surface area contributed by atoms with Crippen LogP contribution < -0.4 is 10.2 Å². The molecule has 1 saturated heterocycles. The molecule has 1 aromatic heterocycles. The molecule has 0 bridgehead atoms. The van der Waals surface area contributed by atoms with Crippen LogP contribution in [0.2, 0.25) is 0 Å². The van der Waals surface area contributed by atoms with Crippen molar-refractivity contribution < 1.29 is 18.0 Å². The first-order chi connectivity index (χ1) is 14.3. The van der Waals surface area contributed by atoms with Gasteiger partial charge in [0.05, 0.1) is 5.69 Å². The maximum absolute atomic E-state index is 13.8. The van der Waals surface area contributed by atoms with Crippen molar-refractivity contribution in [2.24, 2.45) is 0 Å². The van der Waals surface area contributed by atoms with Gasteiger partial charge in [0.1, 0.15) is 0 Å². The Morgan fingerprint density at radius 1 is 1.13 bits per heavy atom. The molecule has 1 fully saturated rings. The standard InChI is InChI=1S/C22H23F3N4O/c1-28-11-9-15(10-12-28)19-14-26-20-8-7-17(13-18(19)20)29(22(23,24)25)21(30)27-16-5-3-2-4-6-16/h2-8,13-15,26H,9-12H2,1H3,(H,27,30). The van der Waals surface area contributed by atoms with E-state index in [0.29, 0.717) is 5.69 Å². The normalized spacial score (nSPS) is 16.0. The fraction of sp³-hybridized carbons (Fsp3) is 0.318. The van der Waals surface area contributed by atoms with Gasteiger partial charge in [-0.1, -0.05) is 18.2 Å². The lowest BCUT2D eigenvalue weighted by atomic mass is 9.89. The SMILES string of the molecule is CN1CCC(c2c[nH]c3ccc(N(C(=O)Nc4ccccc4)C(F)(F)F)cc23)CC1. The van der Waals surface area contributed by atoms with E-state index in [1.54, 1.807) is 36.4 Å². The number of benzene rings is 2. The number of fused-ring (bicyclic) bond motifs is 1. The summed E-state index contributed by atoms with van der Waals surface area (Å²) < 4.78 is 41.5. The summed E-state index contributed by atoms with van der Waals surface area (Å²) >= 11 is 0. The van der Waals surface area contributed by atoms with Crippen molar-refractivity contribution in [3.63, 3.8) is 0 Å². The van der Waals surface area contributed by atoms with Gasteiger partial charge in [-0.2, -0.15) is 0 Å². The molecule has 2 amide bonds. The van der Waals surface area contributed by atoms with Crippen molar-refractivity contribution in [3.05, 3.63) is 60.3 Å². The highest BCUT2D eigenvalue weighted by Crippen LogP contribution is 2.37. The third-order valence-electron chi connectivity index (χ3n) is 5.60. The highest BCUT2D eigenvalue weighted by atomic mass is 19.4. The van der Waals surface area contributed by atoms with E-state index in [9.17, 15) is 18.0 Å². The van der Waals surface area contributed by atoms with Gasteiger partial charge in [-0.15, -0.1) is 13.2 Å². The number of aromatic nitrogens is 1. The number of piperidine rings is 1. The number of halogens is 3. The maximum atomic E-state index is 13.8. The first kappa shape index (κ1) is 20.3. The van der Waals surface area contributed by atoms with Crippen LogP contribution in [0.4, 0.5) is 29.3 Å². The van der Waals surface area contributed by atoms with Crippen LogP contribution in [0.3, 0.4) is 0 Å². The van der Waals surface area contributed by atoms with E-state index < -0.39 is 12.3 Å². The van der Waals surface area contributed by atoms with Gasteiger partial charge in [-0.3, -0.25) is 0 Å². The molecule has 8 heteroatoms. The molecule has 0 aliphatic carbocycles. The minimum absolute atomic E-state index is 0.148. The highest BCUT2D eigenvalue weighted by molar-refractivity contribution is 6.03. The molecule has 0 atom stereocenters. The zero-order valence-corrected chi connectivity index (χ0v) is 16.5. The Kier molecular flexibility index (Phi) is 5.42. The number of likely N-dealkylation sites (tertiary alicyclic amines) is 1. The molecule has 0 saturated carbocycles. The molecule has 2 heterocycles. The third-order valence-corrected chi connectivity index (χ3v) is 5.60. The number of urea groups is 1. The van der Waals surface area contributed by atoms with Crippen LogP contribution in [-0.2, 0) is 0 Å². The molecule has 0 spiro atoms. The maximum Gasteiger partial charge on any atom is 0.493 e. The van der Waals surface area contributed by atoms with Gasteiger partial charge in [0.2, 0.25) is 0 Å². The van der Waals surface area contributed by atoms with Crippen molar-refractivity contribution in [2.45, 2.75) is 25.1 Å². The number of carbonyl (C=O) groups is 1. The van der Waals surface area contributed by atoms with Crippen LogP contribution in [0.25, 0.3) is 10.9 Å². The third kappa shape index (κ3) is 4.14. The topological polar surface area (TPSA) is 51.4 Å². The highest BCUT2D eigenvalue weighted by Gasteiger charge is 2.42. The van der Waals surface area contributed by atoms with E-state index in [1.165, 1.54) is 12.1 Å². The van der Waals surface area contributed by atoms with Crippen molar-refractivity contribution in [2.75, 3.05) is 30.4 Å². The molecule has 30 heavy (non-hydrogen) atoms. The van der Waals surface area contributed by atoms with Gasteiger partial charge in [-0.25, -0.2) is 9.69 Å². The monoisotopic (exact) mass is 416 g/mol. The summed E-state index contributed by atoms with van der Waals surface area (Å²) in [7, 11) is 2.07. The van der Waals surface area contributed by atoms with Crippen molar-refractivity contribution in [1.29, 1.82) is 0 Å². The molecule has 3 aromatic rings. The van der Waals surface area contributed by atoms with E-state index >= 15 is 0 Å². The van der Waals surface area contributed by atoms with Crippen LogP contribution in [0.1, 0.15) is 24.3 Å². The molecular formula is C22H23F3N4O. The second-order valence-electron chi connectivity index (χ2n) is 7.65. The lowest BCUT2D eigenvalue weighted by Gasteiger charge is -2.29. The van der Waals surface area contributed by atoms with E-state index in [-0.39, 0.29) is 16.5 Å². The molecule has 1 aliphatic heterocycles. The number of amides is 2. The molecule has 2 aromatic carbocycles. The Hall–Kier alpha value is -3.00. The Morgan fingerprint density at radius 2 is 1.83 bits per heavy atom. The predicted molar refractivity (Wildman–Crippen MR) is 112 cm³/mol. The van der Waals surface area contributed by atoms with Gasteiger partial charge >= 0.3 is 12.3 Å². The number of carbonyl (C=O) groups excluding carboxylic acids is 1. The van der Waals surface area contributed by atoms with Crippen LogP contribution in [0.15, 0.2) is 54.7 Å². The summed E-state index contributed by atoms with van der Waals surface area (Å²) in [6.45, 7) is 1.90. The number of nitrogens with zero attached hydrogens (tertiary/aromatic N) is 2. The quantitative estimate of drug-likeness (QED) is 0.551. The largest absolute Gasteiger partial charge is 0.493 e. The Bertz CT molecular complexity index is 1020. The molecule has 2 N–H and O–H groups in total. The number of H-pyrrole nitrogens is 1. The zero-order chi connectivity index (χ0) is 21.3. The van der Waals surface area contributed by atoms with Crippen LogP contribution in [-0.4, -0.2) is 42.4 Å².